The van der Waals surface area contributed by atoms with Crippen LogP contribution in [-0.2, 0) is 20.8 Å². The molecule has 0 aromatic heterocycles. The van der Waals surface area contributed by atoms with E-state index in [0.717, 1.165) is 31.2 Å². The molecule has 1 aromatic carbocycles. The minimum absolute atomic E-state index is 0.00222. The van der Waals surface area contributed by atoms with Crippen LogP contribution >= 0.6 is 27.7 Å². The molecule has 1 N–H and O–H groups in total. The van der Waals surface area contributed by atoms with Crippen molar-refractivity contribution < 1.29 is 19.5 Å². The molecule has 3 amide bonds. The minimum atomic E-state index is -0.774. The molecule has 7 atom stereocenters. The topological polar surface area (TPSA) is 81.2 Å². The maximum absolute atomic E-state index is 14.7. The Morgan fingerprint density at radius 2 is 1.76 bits per heavy atom. The number of benzene rings is 1. The Morgan fingerprint density at radius 1 is 1.10 bits per heavy atom. The van der Waals surface area contributed by atoms with Crippen LogP contribution in [-0.4, -0.2) is 97.2 Å². The molecule has 3 saturated heterocycles. The van der Waals surface area contributed by atoms with Crippen molar-refractivity contribution in [1.29, 1.82) is 0 Å². The van der Waals surface area contributed by atoms with Gasteiger partial charge in [-0.05, 0) is 31.2 Å². The summed E-state index contributed by atoms with van der Waals surface area (Å²) in [7, 11) is 0. The summed E-state index contributed by atoms with van der Waals surface area (Å²) in [6, 6.07) is 8.41. The third-order valence-electron chi connectivity index (χ3n) is 9.01. The SMILES string of the molecule is C=CCN(CCCCC)C(=O)C1N([C@@H](CO)Cc2ccccc2)C(=O)[C@@H]2[C@H](C(=O)N(CC=C)CCC)[C@H]3SC12CC3Br. The van der Waals surface area contributed by atoms with Crippen molar-refractivity contribution in [2.24, 2.45) is 11.8 Å². The van der Waals surface area contributed by atoms with Crippen LogP contribution in [0.15, 0.2) is 55.6 Å². The molecule has 9 heteroatoms. The standard InChI is InChI=1S/C33H46BrN3O4S/c1-5-9-13-19-36(18-8-4)32(41)29-33-21-25(34)28(42-33)26(30(39)35(16-6-2)17-7-3)27(33)31(40)37(29)24(22-38)20-23-14-11-10-12-15-23/h6,8,10-12,14-15,24-29,38H,2,4-5,7,9,13,16-22H2,1,3H3/t24-,25?,26+,27+,28+,29?,33?/m1/s1. The van der Waals surface area contributed by atoms with Gasteiger partial charge in [0.1, 0.15) is 6.04 Å². The van der Waals surface area contributed by atoms with E-state index in [0.29, 0.717) is 39.0 Å². The van der Waals surface area contributed by atoms with Crippen molar-refractivity contribution in [3.05, 3.63) is 61.2 Å². The molecule has 230 valence electrons. The van der Waals surface area contributed by atoms with Crippen LogP contribution in [0.1, 0.15) is 51.5 Å². The fourth-order valence-corrected chi connectivity index (χ4v) is 10.8. The predicted molar refractivity (Wildman–Crippen MR) is 173 cm³/mol. The molecule has 1 aromatic rings. The van der Waals surface area contributed by atoms with Gasteiger partial charge in [0.2, 0.25) is 17.7 Å². The fraction of sp³-hybridized carbons (Fsp3) is 0.606. The number of aliphatic hydroxyl groups excluding tert-OH is 1. The molecule has 2 bridgehead atoms. The molecule has 1 spiro atoms. The second-order valence-electron chi connectivity index (χ2n) is 11.8. The molecule has 7 nitrogen and oxygen atoms in total. The van der Waals surface area contributed by atoms with Crippen molar-refractivity contribution in [3.63, 3.8) is 0 Å². The van der Waals surface area contributed by atoms with Gasteiger partial charge in [-0.1, -0.05) is 85.1 Å². The van der Waals surface area contributed by atoms with Crippen molar-refractivity contribution >= 4 is 45.4 Å². The zero-order valence-electron chi connectivity index (χ0n) is 25.0. The summed E-state index contributed by atoms with van der Waals surface area (Å²) in [5, 5.41) is 10.6. The summed E-state index contributed by atoms with van der Waals surface area (Å²) >= 11 is 5.53. The molecule has 0 saturated carbocycles. The minimum Gasteiger partial charge on any atom is -0.394 e. The van der Waals surface area contributed by atoms with Crippen LogP contribution in [0.2, 0.25) is 0 Å². The van der Waals surface area contributed by atoms with E-state index in [9.17, 15) is 19.5 Å². The molecular formula is C33H46BrN3O4S. The predicted octanol–water partition coefficient (Wildman–Crippen LogP) is 4.68. The molecule has 3 heterocycles. The largest absolute Gasteiger partial charge is 0.394 e. The summed E-state index contributed by atoms with van der Waals surface area (Å²) < 4.78 is -0.756. The first-order valence-corrected chi connectivity index (χ1v) is 17.2. The lowest BCUT2D eigenvalue weighted by Crippen LogP contribution is -2.58. The molecule has 4 rings (SSSR count). The average Bonchev–Trinajstić information content (AvgIpc) is 3.58. The fourth-order valence-electron chi connectivity index (χ4n) is 7.26. The molecule has 3 aliphatic rings. The number of alkyl halides is 1. The number of nitrogens with zero attached hydrogens (tertiary/aromatic N) is 3. The van der Waals surface area contributed by atoms with Crippen LogP contribution in [0, 0.1) is 11.8 Å². The number of halogens is 1. The van der Waals surface area contributed by atoms with E-state index in [2.05, 4.69) is 36.0 Å². The highest BCUT2D eigenvalue weighted by Gasteiger charge is 2.76. The summed E-state index contributed by atoms with van der Waals surface area (Å²) in [6.07, 6.45) is 8.22. The summed E-state index contributed by atoms with van der Waals surface area (Å²) in [5.74, 6) is -1.50. The quantitative estimate of drug-likeness (QED) is 0.158. The van der Waals surface area contributed by atoms with Crippen molar-refractivity contribution in [2.75, 3.05) is 32.8 Å². The highest BCUT2D eigenvalue weighted by molar-refractivity contribution is 9.09. The number of thioether (sulfide) groups is 1. The Hall–Kier alpha value is -2.10. The van der Waals surface area contributed by atoms with Crippen LogP contribution < -0.4 is 0 Å². The Kier molecular flexibility index (Phi) is 11.4. The zero-order chi connectivity index (χ0) is 30.4. The second-order valence-corrected chi connectivity index (χ2v) is 14.5. The third-order valence-corrected chi connectivity index (χ3v) is 12.2. The van der Waals surface area contributed by atoms with Gasteiger partial charge < -0.3 is 19.8 Å². The monoisotopic (exact) mass is 659 g/mol. The number of rotatable bonds is 16. The Labute approximate surface area is 263 Å². The van der Waals surface area contributed by atoms with Gasteiger partial charge in [0.25, 0.3) is 0 Å². The highest BCUT2D eigenvalue weighted by atomic mass is 79.9. The lowest BCUT2D eigenvalue weighted by molar-refractivity contribution is -0.147. The van der Waals surface area contributed by atoms with E-state index < -0.39 is 28.7 Å². The maximum atomic E-state index is 14.7. The van der Waals surface area contributed by atoms with Crippen LogP contribution in [0.5, 0.6) is 0 Å². The molecule has 0 radical (unpaired) electrons. The van der Waals surface area contributed by atoms with Gasteiger partial charge in [-0.25, -0.2) is 0 Å². The molecule has 3 aliphatic heterocycles. The maximum Gasteiger partial charge on any atom is 0.247 e. The van der Waals surface area contributed by atoms with Crippen molar-refractivity contribution in [2.45, 2.75) is 79.3 Å². The number of hydrogen-bond acceptors (Lipinski definition) is 5. The van der Waals surface area contributed by atoms with E-state index in [1.165, 1.54) is 0 Å². The van der Waals surface area contributed by atoms with E-state index in [-0.39, 0.29) is 34.4 Å². The number of likely N-dealkylation sites (tertiary alicyclic amines) is 1. The number of carbonyl (C=O) groups is 3. The first-order chi connectivity index (χ1) is 20.3. The first kappa shape index (κ1) is 32.8. The number of fused-ring (bicyclic) bond motifs is 1. The normalized spacial score (nSPS) is 28.4. The van der Waals surface area contributed by atoms with Gasteiger partial charge in [-0.3, -0.25) is 14.4 Å². The van der Waals surface area contributed by atoms with E-state index in [1.54, 1.807) is 33.7 Å². The molecule has 42 heavy (non-hydrogen) atoms. The molecule has 0 aliphatic carbocycles. The van der Waals surface area contributed by atoms with Gasteiger partial charge >= 0.3 is 0 Å². The Bertz CT molecular complexity index is 1140. The number of hydrogen-bond donors (Lipinski definition) is 1. The van der Waals surface area contributed by atoms with E-state index >= 15 is 0 Å². The van der Waals surface area contributed by atoms with Gasteiger partial charge in [-0.15, -0.1) is 24.9 Å². The van der Waals surface area contributed by atoms with Gasteiger partial charge in [0, 0.05) is 36.3 Å². The van der Waals surface area contributed by atoms with E-state index in [1.807, 2.05) is 42.2 Å². The van der Waals surface area contributed by atoms with Crippen LogP contribution in [0.3, 0.4) is 0 Å². The molecular weight excluding hydrogens is 614 g/mol. The first-order valence-electron chi connectivity index (χ1n) is 15.4. The third kappa shape index (κ3) is 6.11. The van der Waals surface area contributed by atoms with Crippen LogP contribution in [0.4, 0.5) is 0 Å². The Morgan fingerprint density at radius 3 is 2.36 bits per heavy atom. The van der Waals surface area contributed by atoms with E-state index in [4.69, 9.17) is 0 Å². The summed E-state index contributed by atoms with van der Waals surface area (Å²) in [6.45, 7) is 13.6. The van der Waals surface area contributed by atoms with Crippen molar-refractivity contribution in [1.82, 2.24) is 14.7 Å². The highest BCUT2D eigenvalue weighted by Crippen LogP contribution is 2.68. The number of amides is 3. The average molecular weight is 661 g/mol. The lowest BCUT2D eigenvalue weighted by Gasteiger charge is -2.40. The van der Waals surface area contributed by atoms with Gasteiger partial charge in [0.05, 0.1) is 29.2 Å². The summed E-state index contributed by atoms with van der Waals surface area (Å²) in [4.78, 5) is 48.9. The van der Waals surface area contributed by atoms with Crippen LogP contribution in [0.25, 0.3) is 0 Å². The van der Waals surface area contributed by atoms with Gasteiger partial charge in [-0.2, -0.15) is 0 Å². The number of aliphatic hydroxyl groups is 1. The smallest absolute Gasteiger partial charge is 0.247 e. The lowest BCUT2D eigenvalue weighted by atomic mass is 9.70. The number of carbonyl (C=O) groups excluding carboxylic acids is 3. The molecule has 3 unspecified atom stereocenters. The second kappa shape index (κ2) is 14.6. The van der Waals surface area contributed by atoms with Gasteiger partial charge in [0.15, 0.2) is 0 Å². The zero-order valence-corrected chi connectivity index (χ0v) is 27.4. The molecule has 3 fully saturated rings. The number of unbranched alkanes of at least 4 members (excludes halogenated alkanes) is 2. The summed E-state index contributed by atoms with van der Waals surface area (Å²) in [5.41, 5.74) is 0.985. The Balaban J connectivity index is 1.79. The van der Waals surface area contributed by atoms with Crippen molar-refractivity contribution in [3.8, 4) is 0 Å².